The highest BCUT2D eigenvalue weighted by molar-refractivity contribution is 7.80. The highest BCUT2D eigenvalue weighted by atomic mass is 32.1. The molecule has 2 aliphatic heterocycles. The van der Waals surface area contributed by atoms with Gasteiger partial charge in [-0.3, -0.25) is 9.59 Å². The highest BCUT2D eigenvalue weighted by Crippen LogP contribution is 2.36. The van der Waals surface area contributed by atoms with Crippen molar-refractivity contribution in [3.63, 3.8) is 0 Å². The summed E-state index contributed by atoms with van der Waals surface area (Å²) in [5.41, 5.74) is 5.45. The van der Waals surface area contributed by atoms with Gasteiger partial charge in [-0.05, 0) is 12.8 Å². The van der Waals surface area contributed by atoms with E-state index in [1.807, 2.05) is 0 Å². The van der Waals surface area contributed by atoms with Crippen molar-refractivity contribution in [1.82, 2.24) is 10.2 Å². The van der Waals surface area contributed by atoms with Crippen molar-refractivity contribution in [3.8, 4) is 0 Å². The first-order chi connectivity index (χ1) is 7.59. The molecule has 16 heavy (non-hydrogen) atoms. The first kappa shape index (κ1) is 11.7. The molecule has 1 spiro atoms. The molecule has 2 saturated heterocycles. The summed E-state index contributed by atoms with van der Waals surface area (Å²) in [4.78, 5) is 24.9. The Morgan fingerprint density at radius 2 is 2.19 bits per heavy atom. The smallest absolute Gasteiger partial charge is 0.240 e. The van der Waals surface area contributed by atoms with E-state index in [1.165, 1.54) is 0 Å². The van der Waals surface area contributed by atoms with Gasteiger partial charge in [0.2, 0.25) is 11.8 Å². The van der Waals surface area contributed by atoms with Crippen LogP contribution in [0.5, 0.6) is 0 Å². The molecule has 90 valence electrons. The number of likely N-dealkylation sites (tertiary alicyclic amines) is 1. The van der Waals surface area contributed by atoms with Crippen LogP contribution in [0.1, 0.15) is 12.8 Å². The minimum absolute atomic E-state index is 0.0513. The van der Waals surface area contributed by atoms with Gasteiger partial charge in [-0.1, -0.05) is 0 Å². The lowest BCUT2D eigenvalue weighted by Gasteiger charge is -2.46. The van der Waals surface area contributed by atoms with Gasteiger partial charge in [0.1, 0.15) is 0 Å². The Morgan fingerprint density at radius 3 is 2.56 bits per heavy atom. The lowest BCUT2D eigenvalue weighted by atomic mass is 9.72. The van der Waals surface area contributed by atoms with Crippen molar-refractivity contribution in [2.45, 2.75) is 18.9 Å². The van der Waals surface area contributed by atoms with Crippen LogP contribution in [0.2, 0.25) is 0 Å². The third-order valence-electron chi connectivity index (χ3n) is 3.62. The first-order valence-electron chi connectivity index (χ1n) is 5.53. The number of thiol groups is 1. The van der Waals surface area contributed by atoms with E-state index in [4.69, 9.17) is 5.73 Å². The molecule has 2 rings (SSSR count). The predicted octanol–water partition coefficient (Wildman–Crippen LogP) is -1.02. The second-order valence-electron chi connectivity index (χ2n) is 4.58. The lowest BCUT2D eigenvalue weighted by molar-refractivity contribution is -0.148. The Bertz CT molecular complexity index is 313. The summed E-state index contributed by atoms with van der Waals surface area (Å²) in [5, 5.41) is 2.77. The molecule has 2 heterocycles. The zero-order valence-electron chi connectivity index (χ0n) is 9.11. The molecular weight excluding hydrogens is 226 g/mol. The number of amides is 2. The number of piperidine rings is 1. The van der Waals surface area contributed by atoms with Crippen molar-refractivity contribution in [2.24, 2.45) is 11.1 Å². The Hall–Kier alpha value is -0.750. The van der Waals surface area contributed by atoms with Crippen molar-refractivity contribution in [2.75, 3.05) is 25.4 Å². The standard InChI is InChI=1S/C10H17N3O2S/c11-7(5-16)8(14)13-3-1-10(2-4-13)6-12-9(10)15/h7,16H,1-6,11H2,(H,12,15)/t7-/m0/s1. The van der Waals surface area contributed by atoms with Gasteiger partial charge < -0.3 is 16.0 Å². The monoisotopic (exact) mass is 243 g/mol. The SMILES string of the molecule is N[C@@H](CS)C(=O)N1CCC2(CC1)CNC2=O. The van der Waals surface area contributed by atoms with Crippen molar-refractivity contribution < 1.29 is 9.59 Å². The molecule has 0 aromatic carbocycles. The summed E-state index contributed by atoms with van der Waals surface area (Å²) in [7, 11) is 0. The second-order valence-corrected chi connectivity index (χ2v) is 4.94. The Morgan fingerprint density at radius 1 is 1.56 bits per heavy atom. The molecule has 0 unspecified atom stereocenters. The average Bonchev–Trinajstić information content (AvgIpc) is 2.35. The van der Waals surface area contributed by atoms with Crippen LogP contribution in [0.3, 0.4) is 0 Å². The maximum atomic E-state index is 11.8. The molecule has 1 atom stereocenters. The van der Waals surface area contributed by atoms with Crippen molar-refractivity contribution >= 4 is 24.4 Å². The fourth-order valence-corrected chi connectivity index (χ4v) is 2.44. The summed E-state index contributed by atoms with van der Waals surface area (Å²) < 4.78 is 0. The van der Waals surface area contributed by atoms with Crippen LogP contribution in [-0.2, 0) is 9.59 Å². The summed E-state index contributed by atoms with van der Waals surface area (Å²) in [5.74, 6) is 0.448. The number of hydrogen-bond acceptors (Lipinski definition) is 4. The third-order valence-corrected chi connectivity index (χ3v) is 4.01. The molecule has 2 fully saturated rings. The largest absolute Gasteiger partial charge is 0.354 e. The first-order valence-corrected chi connectivity index (χ1v) is 6.16. The van der Waals surface area contributed by atoms with Crippen LogP contribution in [0.15, 0.2) is 0 Å². The predicted molar refractivity (Wildman–Crippen MR) is 63.1 cm³/mol. The van der Waals surface area contributed by atoms with Gasteiger partial charge in [0.05, 0.1) is 11.5 Å². The molecule has 3 N–H and O–H groups in total. The van der Waals surface area contributed by atoms with E-state index in [0.717, 1.165) is 19.4 Å². The second kappa shape index (κ2) is 4.25. The van der Waals surface area contributed by atoms with E-state index >= 15 is 0 Å². The van der Waals surface area contributed by atoms with E-state index in [9.17, 15) is 9.59 Å². The Balaban J connectivity index is 1.90. The molecule has 2 aliphatic rings. The summed E-state index contributed by atoms with van der Waals surface area (Å²) >= 11 is 4.02. The molecule has 0 aliphatic carbocycles. The van der Waals surface area contributed by atoms with Gasteiger partial charge in [0, 0.05) is 25.4 Å². The molecule has 2 amide bonds. The molecule has 6 heteroatoms. The van der Waals surface area contributed by atoms with E-state index in [-0.39, 0.29) is 17.2 Å². The van der Waals surface area contributed by atoms with Gasteiger partial charge in [-0.15, -0.1) is 0 Å². The van der Waals surface area contributed by atoms with Crippen LogP contribution in [0.4, 0.5) is 0 Å². The molecule has 5 nitrogen and oxygen atoms in total. The number of rotatable bonds is 2. The zero-order chi connectivity index (χ0) is 11.8. The molecular formula is C10H17N3O2S. The number of carbonyl (C=O) groups excluding carboxylic acids is 2. The number of carbonyl (C=O) groups is 2. The average molecular weight is 243 g/mol. The fraction of sp³-hybridized carbons (Fsp3) is 0.800. The molecule has 0 bridgehead atoms. The quantitative estimate of drug-likeness (QED) is 0.429. The van der Waals surface area contributed by atoms with Crippen molar-refractivity contribution in [3.05, 3.63) is 0 Å². The maximum absolute atomic E-state index is 11.8. The number of nitrogens with two attached hydrogens (primary N) is 1. The van der Waals surface area contributed by atoms with E-state index < -0.39 is 6.04 Å². The summed E-state index contributed by atoms with van der Waals surface area (Å²) in [6.45, 7) is 2.02. The summed E-state index contributed by atoms with van der Waals surface area (Å²) in [6, 6.07) is -0.521. The molecule has 0 aromatic heterocycles. The van der Waals surface area contributed by atoms with Gasteiger partial charge in [-0.25, -0.2) is 0 Å². The van der Waals surface area contributed by atoms with Crippen LogP contribution in [0.25, 0.3) is 0 Å². The maximum Gasteiger partial charge on any atom is 0.240 e. The van der Waals surface area contributed by atoms with Gasteiger partial charge in [0.25, 0.3) is 0 Å². The van der Waals surface area contributed by atoms with Crippen LogP contribution in [-0.4, -0.2) is 48.1 Å². The zero-order valence-corrected chi connectivity index (χ0v) is 10.0. The number of nitrogens with one attached hydrogen (secondary N) is 1. The third kappa shape index (κ3) is 1.80. The lowest BCUT2D eigenvalue weighted by Crippen LogP contribution is -2.63. The molecule has 0 aromatic rings. The van der Waals surface area contributed by atoms with Gasteiger partial charge in [-0.2, -0.15) is 12.6 Å². The number of hydrogen-bond donors (Lipinski definition) is 3. The Kier molecular flexibility index (Phi) is 3.12. The van der Waals surface area contributed by atoms with Crippen LogP contribution < -0.4 is 11.1 Å². The number of nitrogens with zero attached hydrogens (tertiary/aromatic N) is 1. The van der Waals surface area contributed by atoms with Gasteiger partial charge >= 0.3 is 0 Å². The molecule has 0 saturated carbocycles. The minimum atomic E-state index is -0.521. The van der Waals surface area contributed by atoms with Gasteiger partial charge in [0.15, 0.2) is 0 Å². The van der Waals surface area contributed by atoms with E-state index in [0.29, 0.717) is 18.8 Å². The minimum Gasteiger partial charge on any atom is -0.354 e. The fourth-order valence-electron chi connectivity index (χ4n) is 2.28. The number of β-lactam (4-membered cyclic amide) rings is 1. The highest BCUT2D eigenvalue weighted by Gasteiger charge is 2.48. The molecule has 0 radical (unpaired) electrons. The normalized spacial score (nSPS) is 24.9. The van der Waals surface area contributed by atoms with Crippen LogP contribution >= 0.6 is 12.6 Å². The van der Waals surface area contributed by atoms with Crippen LogP contribution in [0, 0.1) is 5.41 Å². The van der Waals surface area contributed by atoms with E-state index in [1.54, 1.807) is 4.90 Å². The Labute approximate surface area is 100 Å². The summed E-state index contributed by atoms with van der Waals surface area (Å²) in [6.07, 6.45) is 1.51. The van der Waals surface area contributed by atoms with Crippen molar-refractivity contribution in [1.29, 1.82) is 0 Å². The van der Waals surface area contributed by atoms with E-state index in [2.05, 4.69) is 17.9 Å². The topological polar surface area (TPSA) is 75.4 Å².